The maximum Gasteiger partial charge on any atom is 0.431 e. The standard InChI is InChI=1S/C19H16F6N4O3S/c1-4-6-29-13(19(23,24)25)8-11-15(17(29)30)28(3)16(27-11)14-12(33(31,32)5-2)7-10(9-26-14)18(20,21)22/h4,7-9H,1,5-6H2,2-3H3. The van der Waals surface area contributed by atoms with Gasteiger partial charge in [-0.25, -0.2) is 13.4 Å². The van der Waals surface area contributed by atoms with Crippen LogP contribution in [0.2, 0.25) is 0 Å². The third kappa shape index (κ3) is 4.26. The van der Waals surface area contributed by atoms with Gasteiger partial charge in [0.1, 0.15) is 16.9 Å². The van der Waals surface area contributed by atoms with Gasteiger partial charge in [-0.3, -0.25) is 14.3 Å². The minimum Gasteiger partial charge on any atom is -0.321 e. The Morgan fingerprint density at radius 1 is 1.12 bits per heavy atom. The molecular formula is C19H16F6N4O3S. The second kappa shape index (κ2) is 8.01. The number of aromatic nitrogens is 4. The van der Waals surface area contributed by atoms with E-state index in [4.69, 9.17) is 0 Å². The summed E-state index contributed by atoms with van der Waals surface area (Å²) in [5.74, 6) is -0.954. The molecule has 0 atom stereocenters. The van der Waals surface area contributed by atoms with Gasteiger partial charge in [-0.05, 0) is 12.1 Å². The van der Waals surface area contributed by atoms with E-state index in [-0.39, 0.29) is 11.3 Å². The first-order valence-electron chi connectivity index (χ1n) is 9.22. The number of hydrogen-bond donors (Lipinski definition) is 0. The van der Waals surface area contributed by atoms with Gasteiger partial charge in [-0.1, -0.05) is 13.0 Å². The van der Waals surface area contributed by atoms with Crippen molar-refractivity contribution < 1.29 is 34.8 Å². The summed E-state index contributed by atoms with van der Waals surface area (Å²) in [6, 6.07) is 0.986. The Kier molecular flexibility index (Phi) is 5.94. The summed E-state index contributed by atoms with van der Waals surface area (Å²) in [5, 5.41) is 0. The zero-order valence-corrected chi connectivity index (χ0v) is 17.9. The molecule has 0 N–H and O–H groups in total. The number of hydrogen-bond acceptors (Lipinski definition) is 5. The van der Waals surface area contributed by atoms with E-state index in [0.717, 1.165) is 10.6 Å². The van der Waals surface area contributed by atoms with Crippen molar-refractivity contribution in [2.24, 2.45) is 7.05 Å². The number of imidazole rings is 1. The van der Waals surface area contributed by atoms with E-state index >= 15 is 0 Å². The fraction of sp³-hybridized carbons (Fsp3) is 0.316. The van der Waals surface area contributed by atoms with Crippen LogP contribution in [-0.4, -0.2) is 33.3 Å². The molecule has 178 valence electrons. The largest absolute Gasteiger partial charge is 0.431 e. The van der Waals surface area contributed by atoms with E-state index in [1.165, 1.54) is 14.0 Å². The van der Waals surface area contributed by atoms with E-state index in [1.54, 1.807) is 0 Å². The Labute approximate surface area is 182 Å². The SMILES string of the molecule is C=CCn1c(C(F)(F)F)cc2nc(-c3ncc(C(F)(F)F)cc3S(=O)(=O)CC)n(C)c2c1=O. The lowest BCUT2D eigenvalue weighted by Crippen LogP contribution is -2.28. The van der Waals surface area contributed by atoms with Crippen LogP contribution in [0.3, 0.4) is 0 Å². The third-order valence-corrected chi connectivity index (χ3v) is 6.58. The maximum atomic E-state index is 13.5. The van der Waals surface area contributed by atoms with Gasteiger partial charge in [0.25, 0.3) is 5.56 Å². The Bertz CT molecular complexity index is 1420. The first kappa shape index (κ1) is 24.5. The molecule has 0 amide bonds. The Balaban J connectivity index is 2.43. The maximum absolute atomic E-state index is 13.5. The zero-order valence-electron chi connectivity index (χ0n) is 17.1. The molecule has 0 aliphatic rings. The summed E-state index contributed by atoms with van der Waals surface area (Å²) in [5.41, 5.74) is -5.00. The Morgan fingerprint density at radius 3 is 2.27 bits per heavy atom. The molecule has 0 radical (unpaired) electrons. The number of fused-ring (bicyclic) bond motifs is 1. The lowest BCUT2D eigenvalue weighted by atomic mass is 10.2. The van der Waals surface area contributed by atoms with Gasteiger partial charge in [0, 0.05) is 19.8 Å². The van der Waals surface area contributed by atoms with Crippen LogP contribution >= 0.6 is 0 Å². The van der Waals surface area contributed by atoms with Crippen molar-refractivity contribution in [2.75, 3.05) is 5.75 Å². The second-order valence-electron chi connectivity index (χ2n) is 6.93. The predicted molar refractivity (Wildman–Crippen MR) is 106 cm³/mol. The highest BCUT2D eigenvalue weighted by Crippen LogP contribution is 2.35. The normalized spacial score (nSPS) is 13.0. The molecule has 3 aromatic rings. The lowest BCUT2D eigenvalue weighted by molar-refractivity contribution is -0.144. The molecule has 0 aliphatic carbocycles. The highest BCUT2D eigenvalue weighted by atomic mass is 32.2. The van der Waals surface area contributed by atoms with E-state index < -0.39 is 67.4 Å². The van der Waals surface area contributed by atoms with Gasteiger partial charge >= 0.3 is 12.4 Å². The van der Waals surface area contributed by atoms with Crippen LogP contribution in [-0.2, 0) is 35.8 Å². The third-order valence-electron chi connectivity index (χ3n) is 4.84. The summed E-state index contributed by atoms with van der Waals surface area (Å²) in [4.78, 5) is 19.6. The molecule has 0 unspecified atom stereocenters. The Hall–Kier alpha value is -3.16. The highest BCUT2D eigenvalue weighted by Gasteiger charge is 2.37. The first-order chi connectivity index (χ1) is 15.1. The number of rotatable bonds is 5. The summed E-state index contributed by atoms with van der Waals surface area (Å²) in [6.45, 7) is 4.07. The van der Waals surface area contributed by atoms with Crippen LogP contribution < -0.4 is 5.56 Å². The average Bonchev–Trinajstić information content (AvgIpc) is 3.04. The molecule has 14 heteroatoms. The van der Waals surface area contributed by atoms with Gasteiger partial charge in [-0.2, -0.15) is 26.3 Å². The zero-order chi connectivity index (χ0) is 24.9. The van der Waals surface area contributed by atoms with Gasteiger partial charge < -0.3 is 4.57 Å². The molecule has 0 saturated carbocycles. The molecule has 7 nitrogen and oxygen atoms in total. The molecule has 33 heavy (non-hydrogen) atoms. The highest BCUT2D eigenvalue weighted by molar-refractivity contribution is 7.91. The van der Waals surface area contributed by atoms with Crippen molar-refractivity contribution in [2.45, 2.75) is 30.7 Å². The van der Waals surface area contributed by atoms with Crippen LogP contribution in [0.15, 0.2) is 40.7 Å². The fourth-order valence-corrected chi connectivity index (χ4v) is 4.29. The number of nitrogens with zero attached hydrogens (tertiary/aromatic N) is 4. The van der Waals surface area contributed by atoms with Crippen molar-refractivity contribution in [3.05, 3.63) is 52.6 Å². The van der Waals surface area contributed by atoms with Gasteiger partial charge in [-0.15, -0.1) is 6.58 Å². The smallest absolute Gasteiger partial charge is 0.321 e. The van der Waals surface area contributed by atoms with Crippen molar-refractivity contribution in [3.8, 4) is 11.5 Å². The first-order valence-corrected chi connectivity index (χ1v) is 10.9. The summed E-state index contributed by atoms with van der Waals surface area (Å²) < 4.78 is 106. The molecule has 0 spiro atoms. The molecule has 0 saturated heterocycles. The average molecular weight is 494 g/mol. The van der Waals surface area contributed by atoms with E-state index in [2.05, 4.69) is 16.5 Å². The molecule has 0 bridgehead atoms. The quantitative estimate of drug-likeness (QED) is 0.398. The molecule has 0 aromatic carbocycles. The van der Waals surface area contributed by atoms with Gasteiger partial charge in [0.2, 0.25) is 0 Å². The predicted octanol–water partition coefficient (Wildman–Crippen LogP) is 3.81. The topological polar surface area (TPSA) is 86.8 Å². The van der Waals surface area contributed by atoms with Crippen molar-refractivity contribution >= 4 is 20.9 Å². The van der Waals surface area contributed by atoms with Crippen LogP contribution in [0.4, 0.5) is 26.3 Å². The van der Waals surface area contributed by atoms with E-state index in [0.29, 0.717) is 22.9 Å². The number of allylic oxidation sites excluding steroid dienone is 1. The minimum atomic E-state index is -4.92. The van der Waals surface area contributed by atoms with Crippen molar-refractivity contribution in [3.63, 3.8) is 0 Å². The molecule has 3 heterocycles. The number of alkyl halides is 6. The fourth-order valence-electron chi connectivity index (χ4n) is 3.24. The molecular weight excluding hydrogens is 478 g/mol. The number of aryl methyl sites for hydroxylation is 1. The number of pyridine rings is 2. The van der Waals surface area contributed by atoms with E-state index in [1.807, 2.05) is 0 Å². The van der Waals surface area contributed by atoms with Crippen molar-refractivity contribution in [1.29, 1.82) is 0 Å². The van der Waals surface area contributed by atoms with E-state index in [9.17, 15) is 39.6 Å². The Morgan fingerprint density at radius 2 is 1.76 bits per heavy atom. The minimum absolute atomic E-state index is 0.318. The van der Waals surface area contributed by atoms with Crippen LogP contribution in [0.1, 0.15) is 18.2 Å². The number of sulfone groups is 1. The van der Waals surface area contributed by atoms with Crippen molar-refractivity contribution in [1.82, 2.24) is 19.1 Å². The van der Waals surface area contributed by atoms with Crippen LogP contribution in [0.5, 0.6) is 0 Å². The summed E-state index contributed by atoms with van der Waals surface area (Å²) in [6.07, 6.45) is -8.34. The second-order valence-corrected chi connectivity index (χ2v) is 9.18. The number of halogens is 6. The summed E-state index contributed by atoms with van der Waals surface area (Å²) in [7, 11) is -3.04. The molecule has 3 aromatic heterocycles. The molecule has 0 fully saturated rings. The van der Waals surface area contributed by atoms with Crippen LogP contribution in [0.25, 0.3) is 22.6 Å². The lowest BCUT2D eigenvalue weighted by Gasteiger charge is -2.14. The van der Waals surface area contributed by atoms with Crippen LogP contribution in [0, 0.1) is 0 Å². The molecule has 3 rings (SSSR count). The summed E-state index contributed by atoms with van der Waals surface area (Å²) >= 11 is 0. The van der Waals surface area contributed by atoms with Gasteiger partial charge in [0.15, 0.2) is 15.7 Å². The monoisotopic (exact) mass is 494 g/mol. The van der Waals surface area contributed by atoms with Gasteiger partial charge in [0.05, 0.1) is 21.7 Å². The molecule has 0 aliphatic heterocycles.